The number of hydrogen-bond donors (Lipinski definition) is 2. The molecule has 122 valence electrons. The molecule has 0 aromatic rings. The topological polar surface area (TPSA) is 78.9 Å². The lowest BCUT2D eigenvalue weighted by Crippen LogP contribution is -2.52. The van der Waals surface area contributed by atoms with Crippen molar-refractivity contribution in [2.75, 3.05) is 19.8 Å². The van der Waals surface area contributed by atoms with E-state index in [0.717, 1.165) is 25.7 Å². The predicted molar refractivity (Wildman–Crippen MR) is 80.2 cm³/mol. The highest BCUT2D eigenvalue weighted by Crippen LogP contribution is 2.20. The Bertz CT molecular complexity index is 349. The van der Waals surface area contributed by atoms with E-state index < -0.39 is 11.9 Å². The average Bonchev–Trinajstić information content (AvgIpc) is 2.89. The van der Waals surface area contributed by atoms with E-state index in [2.05, 4.69) is 12.2 Å². The third-order valence-corrected chi connectivity index (χ3v) is 3.98. The highest BCUT2D eigenvalue weighted by Gasteiger charge is 2.39. The van der Waals surface area contributed by atoms with Crippen LogP contribution in [0.3, 0.4) is 0 Å². The van der Waals surface area contributed by atoms with Crippen molar-refractivity contribution >= 4 is 12.0 Å². The lowest BCUT2D eigenvalue weighted by atomic mass is 10.0. The summed E-state index contributed by atoms with van der Waals surface area (Å²) >= 11 is 0. The number of unbranched alkanes of at least 4 members (excludes halogenated alkanes) is 2. The Balaban J connectivity index is 2.54. The number of rotatable bonds is 8. The fourth-order valence-corrected chi connectivity index (χ4v) is 2.68. The van der Waals surface area contributed by atoms with Gasteiger partial charge in [0.2, 0.25) is 0 Å². The molecule has 1 saturated heterocycles. The van der Waals surface area contributed by atoms with Gasteiger partial charge < -0.3 is 20.1 Å². The maximum absolute atomic E-state index is 12.3. The van der Waals surface area contributed by atoms with Gasteiger partial charge in [0.15, 0.2) is 0 Å². The second-order valence-corrected chi connectivity index (χ2v) is 5.68. The molecule has 1 fully saturated rings. The summed E-state index contributed by atoms with van der Waals surface area (Å²) in [7, 11) is 0. The van der Waals surface area contributed by atoms with Crippen LogP contribution in [0.15, 0.2) is 0 Å². The second kappa shape index (κ2) is 8.87. The molecule has 0 saturated carbocycles. The number of nitrogens with one attached hydrogen (secondary N) is 1. The van der Waals surface area contributed by atoms with Crippen LogP contribution in [-0.2, 0) is 9.53 Å². The molecule has 0 aliphatic carbocycles. The molecule has 3 unspecified atom stereocenters. The van der Waals surface area contributed by atoms with E-state index in [1.54, 1.807) is 4.90 Å². The average molecular weight is 300 g/mol. The van der Waals surface area contributed by atoms with Gasteiger partial charge in [-0.15, -0.1) is 0 Å². The van der Waals surface area contributed by atoms with Gasteiger partial charge in [0.25, 0.3) is 0 Å². The Kier molecular flexibility index (Phi) is 7.50. The van der Waals surface area contributed by atoms with Crippen LogP contribution in [0.5, 0.6) is 0 Å². The van der Waals surface area contributed by atoms with Crippen molar-refractivity contribution < 1.29 is 19.4 Å². The molecular formula is C15H28N2O4. The first-order valence-corrected chi connectivity index (χ1v) is 7.88. The quantitative estimate of drug-likeness (QED) is 0.673. The minimum absolute atomic E-state index is 0.101. The number of carboxylic acid groups (broad SMARTS) is 1. The number of likely N-dealkylation sites (N-methyl/N-ethyl adjacent to an activating group) is 1. The fourth-order valence-electron chi connectivity index (χ4n) is 2.68. The van der Waals surface area contributed by atoms with Gasteiger partial charge in [-0.25, -0.2) is 4.79 Å². The summed E-state index contributed by atoms with van der Waals surface area (Å²) in [6, 6.07) is -0.470. The van der Waals surface area contributed by atoms with Gasteiger partial charge in [-0.3, -0.25) is 4.79 Å². The summed E-state index contributed by atoms with van der Waals surface area (Å²) in [5, 5.41) is 12.2. The van der Waals surface area contributed by atoms with Gasteiger partial charge in [-0.05, 0) is 20.3 Å². The summed E-state index contributed by atoms with van der Waals surface area (Å²) in [5.74, 6) is -1.54. The molecule has 0 spiro atoms. The zero-order valence-corrected chi connectivity index (χ0v) is 13.3. The van der Waals surface area contributed by atoms with Crippen molar-refractivity contribution in [2.24, 2.45) is 5.92 Å². The molecule has 0 aromatic heterocycles. The zero-order valence-electron chi connectivity index (χ0n) is 13.3. The van der Waals surface area contributed by atoms with Crippen LogP contribution in [0.4, 0.5) is 4.79 Å². The van der Waals surface area contributed by atoms with Crippen LogP contribution >= 0.6 is 0 Å². The summed E-state index contributed by atoms with van der Waals surface area (Å²) in [4.78, 5) is 25.1. The second-order valence-electron chi connectivity index (χ2n) is 5.68. The standard InChI is InChI=1S/C15H28N2O4/c1-4-6-7-8-11(3)16-15(20)17(5-2)13-10-21-9-12(13)14(18)19/h11-13H,4-10H2,1-3H3,(H,16,20)(H,18,19). The first-order chi connectivity index (χ1) is 10.0. The van der Waals surface area contributed by atoms with Gasteiger partial charge in [-0.1, -0.05) is 26.2 Å². The third kappa shape index (κ3) is 5.19. The Morgan fingerprint density at radius 2 is 2.05 bits per heavy atom. The third-order valence-electron chi connectivity index (χ3n) is 3.98. The molecule has 1 aliphatic heterocycles. The van der Waals surface area contributed by atoms with Crippen molar-refractivity contribution in [2.45, 2.75) is 58.5 Å². The van der Waals surface area contributed by atoms with Gasteiger partial charge in [0, 0.05) is 12.6 Å². The highest BCUT2D eigenvalue weighted by molar-refractivity contribution is 5.77. The largest absolute Gasteiger partial charge is 0.481 e. The molecule has 1 aliphatic rings. The van der Waals surface area contributed by atoms with Crippen LogP contribution in [0.1, 0.15) is 46.5 Å². The molecule has 0 aromatic carbocycles. The molecule has 2 amide bonds. The maximum Gasteiger partial charge on any atom is 0.317 e. The number of carbonyl (C=O) groups excluding carboxylic acids is 1. The van der Waals surface area contributed by atoms with E-state index in [-0.39, 0.29) is 24.7 Å². The van der Waals surface area contributed by atoms with E-state index in [4.69, 9.17) is 4.74 Å². The molecule has 2 N–H and O–H groups in total. The number of urea groups is 1. The number of nitrogens with zero attached hydrogens (tertiary/aromatic N) is 1. The maximum atomic E-state index is 12.3. The molecule has 6 heteroatoms. The smallest absolute Gasteiger partial charge is 0.317 e. The van der Waals surface area contributed by atoms with Crippen molar-refractivity contribution in [1.29, 1.82) is 0 Å². The number of carboxylic acids is 1. The summed E-state index contributed by atoms with van der Waals surface area (Å²) < 4.78 is 5.25. The molecule has 0 radical (unpaired) electrons. The van der Waals surface area contributed by atoms with E-state index >= 15 is 0 Å². The molecule has 6 nitrogen and oxygen atoms in total. The van der Waals surface area contributed by atoms with E-state index in [1.165, 1.54) is 0 Å². The fraction of sp³-hybridized carbons (Fsp3) is 0.867. The van der Waals surface area contributed by atoms with Crippen molar-refractivity contribution in [3.05, 3.63) is 0 Å². The molecule has 0 bridgehead atoms. The number of amides is 2. The van der Waals surface area contributed by atoms with Crippen molar-refractivity contribution in [1.82, 2.24) is 10.2 Å². The first kappa shape index (κ1) is 17.8. The number of hydrogen-bond acceptors (Lipinski definition) is 3. The zero-order chi connectivity index (χ0) is 15.8. The Morgan fingerprint density at radius 3 is 2.62 bits per heavy atom. The van der Waals surface area contributed by atoms with Crippen LogP contribution in [-0.4, -0.2) is 53.8 Å². The normalized spacial score (nSPS) is 22.8. The number of ether oxygens (including phenoxy) is 1. The van der Waals surface area contributed by atoms with Crippen LogP contribution in [0.25, 0.3) is 0 Å². The van der Waals surface area contributed by atoms with Crippen LogP contribution < -0.4 is 5.32 Å². The minimum atomic E-state index is -0.903. The number of carbonyl (C=O) groups is 2. The van der Waals surface area contributed by atoms with E-state index in [1.807, 2.05) is 13.8 Å². The molecule has 1 heterocycles. The van der Waals surface area contributed by atoms with E-state index in [0.29, 0.717) is 13.2 Å². The summed E-state index contributed by atoms with van der Waals surface area (Å²) in [5.41, 5.74) is 0. The van der Waals surface area contributed by atoms with Gasteiger partial charge in [-0.2, -0.15) is 0 Å². The summed E-state index contributed by atoms with van der Waals surface area (Å²) in [6.07, 6.45) is 4.35. The first-order valence-electron chi connectivity index (χ1n) is 7.88. The molecule has 3 atom stereocenters. The SMILES string of the molecule is CCCCCC(C)NC(=O)N(CC)C1COCC1C(=O)O. The van der Waals surface area contributed by atoms with Crippen LogP contribution in [0, 0.1) is 5.92 Å². The lowest BCUT2D eigenvalue weighted by molar-refractivity contribution is -0.142. The predicted octanol–water partition coefficient (Wildman–Crippen LogP) is 2.09. The van der Waals surface area contributed by atoms with Gasteiger partial charge in [0.1, 0.15) is 5.92 Å². The summed E-state index contributed by atoms with van der Waals surface area (Å²) in [6.45, 7) is 6.94. The number of aliphatic carboxylic acids is 1. The van der Waals surface area contributed by atoms with Crippen molar-refractivity contribution in [3.63, 3.8) is 0 Å². The monoisotopic (exact) mass is 300 g/mol. The molecular weight excluding hydrogens is 272 g/mol. The molecule has 1 rings (SSSR count). The van der Waals surface area contributed by atoms with Crippen molar-refractivity contribution in [3.8, 4) is 0 Å². The molecule has 21 heavy (non-hydrogen) atoms. The Hall–Kier alpha value is -1.30. The van der Waals surface area contributed by atoms with Crippen LogP contribution in [0.2, 0.25) is 0 Å². The van der Waals surface area contributed by atoms with E-state index in [9.17, 15) is 14.7 Å². The Morgan fingerprint density at radius 1 is 1.33 bits per heavy atom. The highest BCUT2D eigenvalue weighted by atomic mass is 16.5. The van der Waals surface area contributed by atoms with Gasteiger partial charge >= 0.3 is 12.0 Å². The lowest BCUT2D eigenvalue weighted by Gasteiger charge is -2.30. The minimum Gasteiger partial charge on any atom is -0.481 e. The van der Waals surface area contributed by atoms with Gasteiger partial charge in [0.05, 0.1) is 19.3 Å². The Labute approximate surface area is 126 Å².